The van der Waals surface area contributed by atoms with Crippen LogP contribution in [0.15, 0.2) is 72.8 Å². The van der Waals surface area contributed by atoms with Gasteiger partial charge in [-0.25, -0.2) is 4.68 Å². The molecule has 0 fully saturated rings. The Bertz CT molecular complexity index is 1260. The van der Waals surface area contributed by atoms with E-state index < -0.39 is 5.91 Å². The maximum absolute atomic E-state index is 12.4. The van der Waals surface area contributed by atoms with Crippen molar-refractivity contribution in [2.24, 2.45) is 5.73 Å². The van der Waals surface area contributed by atoms with Crippen LogP contribution >= 0.6 is 0 Å². The Morgan fingerprint density at radius 2 is 1.74 bits per heavy atom. The average molecular weight is 411 g/mol. The zero-order valence-corrected chi connectivity index (χ0v) is 16.7. The number of nitrogens with two attached hydrogens (primary N) is 2. The second kappa shape index (κ2) is 7.53. The van der Waals surface area contributed by atoms with E-state index in [1.54, 1.807) is 4.68 Å². The lowest BCUT2D eigenvalue weighted by molar-refractivity contribution is 0.100. The third kappa shape index (κ3) is 3.57. The number of aromatic nitrogens is 2. The second-order valence-corrected chi connectivity index (χ2v) is 7.39. The number of benzene rings is 3. The number of hydrogen-bond acceptors (Lipinski definition) is 5. The maximum Gasteiger partial charge on any atom is 0.254 e. The van der Waals surface area contributed by atoms with Crippen molar-refractivity contribution < 1.29 is 9.53 Å². The molecule has 0 aliphatic carbocycles. The molecule has 1 amide bonds. The van der Waals surface area contributed by atoms with Crippen LogP contribution in [0.3, 0.4) is 0 Å². The Labute approximate surface area is 179 Å². The highest BCUT2D eigenvalue weighted by Crippen LogP contribution is 2.35. The monoisotopic (exact) mass is 411 g/mol. The van der Waals surface area contributed by atoms with Crippen LogP contribution in [0.1, 0.15) is 15.9 Å². The number of amides is 1. The predicted octanol–water partition coefficient (Wildman–Crippen LogP) is 4.32. The molecule has 5 N–H and O–H groups in total. The van der Waals surface area contributed by atoms with Crippen LogP contribution in [0.5, 0.6) is 11.5 Å². The number of fused-ring (bicyclic) bond motifs is 2. The van der Waals surface area contributed by atoms with E-state index in [1.807, 2.05) is 72.8 Å². The van der Waals surface area contributed by atoms with Crippen molar-refractivity contribution in [1.82, 2.24) is 9.78 Å². The van der Waals surface area contributed by atoms with Crippen molar-refractivity contribution in [3.63, 3.8) is 0 Å². The zero-order chi connectivity index (χ0) is 21.4. The summed E-state index contributed by atoms with van der Waals surface area (Å²) in [6.07, 6.45) is 0.763. The van der Waals surface area contributed by atoms with Gasteiger partial charge in [0, 0.05) is 23.5 Å². The van der Waals surface area contributed by atoms with Crippen LogP contribution in [-0.2, 0) is 13.0 Å². The van der Waals surface area contributed by atoms with E-state index in [1.165, 1.54) is 0 Å². The molecule has 0 saturated carbocycles. The Balaban J connectivity index is 1.51. The lowest BCUT2D eigenvalue weighted by Gasteiger charge is -2.10. The summed E-state index contributed by atoms with van der Waals surface area (Å²) in [6, 6.07) is 22.7. The maximum atomic E-state index is 12.4. The van der Waals surface area contributed by atoms with Crippen LogP contribution < -0.4 is 21.5 Å². The first kappa shape index (κ1) is 18.7. The molecule has 1 aromatic heterocycles. The Morgan fingerprint density at radius 3 is 2.48 bits per heavy atom. The summed E-state index contributed by atoms with van der Waals surface area (Å²) in [4.78, 5) is 12.4. The van der Waals surface area contributed by atoms with Gasteiger partial charge in [0.05, 0.1) is 0 Å². The second-order valence-electron chi connectivity index (χ2n) is 7.39. The fourth-order valence-electron chi connectivity index (χ4n) is 3.77. The van der Waals surface area contributed by atoms with E-state index in [4.69, 9.17) is 21.3 Å². The van der Waals surface area contributed by atoms with Crippen LogP contribution in [0, 0.1) is 0 Å². The third-order valence-corrected chi connectivity index (χ3v) is 5.29. The molecule has 0 spiro atoms. The summed E-state index contributed by atoms with van der Waals surface area (Å²) >= 11 is 0. The molecule has 2 heterocycles. The van der Waals surface area contributed by atoms with Crippen LogP contribution in [0.25, 0.3) is 11.3 Å². The van der Waals surface area contributed by atoms with Crippen molar-refractivity contribution in [2.45, 2.75) is 13.0 Å². The van der Waals surface area contributed by atoms with Gasteiger partial charge in [0.15, 0.2) is 0 Å². The Kier molecular flexibility index (Phi) is 4.55. The summed E-state index contributed by atoms with van der Waals surface area (Å²) in [7, 11) is 0. The molecule has 154 valence electrons. The molecule has 7 nitrogen and oxygen atoms in total. The molecular weight excluding hydrogens is 390 g/mol. The minimum absolute atomic E-state index is 0.354. The van der Waals surface area contributed by atoms with E-state index in [0.29, 0.717) is 35.1 Å². The number of carbonyl (C=O) groups excluding carboxylic acids is 1. The number of anilines is 3. The van der Waals surface area contributed by atoms with Gasteiger partial charge in [0.2, 0.25) is 0 Å². The lowest BCUT2D eigenvalue weighted by Crippen LogP contribution is -2.14. The number of aryl methyl sites for hydroxylation is 2. The molecule has 0 saturated heterocycles. The highest BCUT2D eigenvalue weighted by Gasteiger charge is 2.26. The number of nitrogens with zero attached hydrogens (tertiary/aromatic N) is 2. The van der Waals surface area contributed by atoms with Crippen LogP contribution in [-0.4, -0.2) is 15.7 Å². The van der Waals surface area contributed by atoms with Crippen molar-refractivity contribution in [1.29, 1.82) is 0 Å². The summed E-state index contributed by atoms with van der Waals surface area (Å²) in [5.74, 6) is 1.49. The van der Waals surface area contributed by atoms with E-state index >= 15 is 0 Å². The minimum atomic E-state index is -0.541. The predicted molar refractivity (Wildman–Crippen MR) is 121 cm³/mol. The minimum Gasteiger partial charge on any atom is -0.457 e. The smallest absolute Gasteiger partial charge is 0.254 e. The van der Waals surface area contributed by atoms with Crippen molar-refractivity contribution in [2.75, 3.05) is 11.1 Å². The zero-order valence-electron chi connectivity index (χ0n) is 16.7. The summed E-state index contributed by atoms with van der Waals surface area (Å²) in [5, 5.41) is 8.03. The quantitative estimate of drug-likeness (QED) is 0.433. The van der Waals surface area contributed by atoms with Gasteiger partial charge < -0.3 is 21.5 Å². The van der Waals surface area contributed by atoms with E-state index in [9.17, 15) is 4.79 Å². The van der Waals surface area contributed by atoms with Gasteiger partial charge in [0.25, 0.3) is 5.91 Å². The molecule has 3 aromatic carbocycles. The number of nitrogens with one attached hydrogen (secondary N) is 1. The first-order chi connectivity index (χ1) is 15.1. The van der Waals surface area contributed by atoms with Gasteiger partial charge in [-0.3, -0.25) is 4.79 Å². The molecule has 1 aliphatic rings. The molecule has 0 radical (unpaired) electrons. The van der Waals surface area contributed by atoms with Crippen molar-refractivity contribution in [3.8, 4) is 22.8 Å². The molecule has 5 rings (SSSR count). The van der Waals surface area contributed by atoms with Gasteiger partial charge in [-0.05, 0) is 60.5 Å². The van der Waals surface area contributed by atoms with Gasteiger partial charge in [-0.1, -0.05) is 24.3 Å². The number of hydrogen-bond donors (Lipinski definition) is 3. The number of nitrogen functional groups attached to an aromatic ring is 1. The molecule has 1 aliphatic heterocycles. The highest BCUT2D eigenvalue weighted by molar-refractivity contribution is 6.04. The fraction of sp³-hybridized carbons (Fsp3) is 0.0833. The van der Waals surface area contributed by atoms with Crippen LogP contribution in [0.2, 0.25) is 0 Å². The lowest BCUT2D eigenvalue weighted by atomic mass is 10.1. The highest BCUT2D eigenvalue weighted by atomic mass is 16.5. The molecule has 0 atom stereocenters. The number of ether oxygens (including phenoxy) is 1. The van der Waals surface area contributed by atoms with Gasteiger partial charge >= 0.3 is 0 Å². The topological polar surface area (TPSA) is 108 Å². The van der Waals surface area contributed by atoms with Crippen molar-refractivity contribution >= 4 is 23.1 Å². The molecule has 0 unspecified atom stereocenters. The van der Waals surface area contributed by atoms with Gasteiger partial charge in [-0.2, -0.15) is 5.10 Å². The summed E-state index contributed by atoms with van der Waals surface area (Å²) in [5.41, 5.74) is 16.0. The van der Waals surface area contributed by atoms with E-state index in [2.05, 4.69) is 5.32 Å². The number of para-hydroxylation sites is 1. The molecule has 7 heteroatoms. The number of primary amides is 1. The standard InChI is InChI=1S/C24H21N5O2/c25-17-9-6-15-12-13-29-24(27-20(15)14-17)21(23(26)30)22(28-29)16-7-10-19(11-8-16)31-18-4-2-1-3-5-18/h1-11,14,27H,12-13,25H2,(H2,26,30). The van der Waals surface area contributed by atoms with E-state index in [0.717, 1.165) is 29.0 Å². The fourth-order valence-corrected chi connectivity index (χ4v) is 3.77. The Hall–Kier alpha value is -4.26. The number of rotatable bonds is 4. The molecule has 31 heavy (non-hydrogen) atoms. The molecule has 4 aromatic rings. The van der Waals surface area contributed by atoms with Crippen LogP contribution in [0.4, 0.5) is 17.2 Å². The first-order valence-electron chi connectivity index (χ1n) is 9.98. The normalized spacial score (nSPS) is 12.3. The summed E-state index contributed by atoms with van der Waals surface area (Å²) in [6.45, 7) is 0.620. The largest absolute Gasteiger partial charge is 0.457 e. The van der Waals surface area contributed by atoms with Gasteiger partial charge in [-0.15, -0.1) is 0 Å². The van der Waals surface area contributed by atoms with Crippen molar-refractivity contribution in [3.05, 3.63) is 83.9 Å². The average Bonchev–Trinajstić information content (AvgIpc) is 3.03. The SMILES string of the molecule is NC(=O)c1c(-c2ccc(Oc3ccccc3)cc2)nn2c1Nc1cc(N)ccc1CC2. The number of carbonyl (C=O) groups is 1. The van der Waals surface area contributed by atoms with E-state index in [-0.39, 0.29) is 0 Å². The first-order valence-corrected chi connectivity index (χ1v) is 9.98. The Morgan fingerprint density at radius 1 is 1.00 bits per heavy atom. The molecular formula is C24H21N5O2. The third-order valence-electron chi connectivity index (χ3n) is 5.29. The van der Waals surface area contributed by atoms with Gasteiger partial charge in [0.1, 0.15) is 28.6 Å². The summed E-state index contributed by atoms with van der Waals surface area (Å²) < 4.78 is 7.65. The molecule has 0 bridgehead atoms.